The second-order valence-electron chi connectivity index (χ2n) is 6.62. The summed E-state index contributed by atoms with van der Waals surface area (Å²) in [5.41, 5.74) is 2.14. The van der Waals surface area contributed by atoms with Gasteiger partial charge in [0.15, 0.2) is 5.78 Å². The van der Waals surface area contributed by atoms with Crippen LogP contribution in [0, 0.1) is 5.92 Å². The molecule has 1 saturated heterocycles. The maximum Gasteiger partial charge on any atom is 0.176 e. The molecule has 2 heteroatoms. The maximum atomic E-state index is 12.4. The van der Waals surface area contributed by atoms with Gasteiger partial charge in [0.25, 0.3) is 0 Å². The van der Waals surface area contributed by atoms with E-state index in [1.54, 1.807) is 0 Å². The highest BCUT2D eigenvalue weighted by atomic mass is 16.1. The van der Waals surface area contributed by atoms with E-state index in [-0.39, 0.29) is 5.78 Å². The van der Waals surface area contributed by atoms with Crippen molar-refractivity contribution in [3.63, 3.8) is 0 Å². The van der Waals surface area contributed by atoms with Crippen molar-refractivity contribution in [1.29, 1.82) is 0 Å². The molecule has 110 valence electrons. The molecular weight excluding hydrogens is 246 g/mol. The lowest BCUT2D eigenvalue weighted by atomic mass is 9.99. The second-order valence-corrected chi connectivity index (χ2v) is 6.62. The van der Waals surface area contributed by atoms with Gasteiger partial charge in [0.2, 0.25) is 0 Å². The molecule has 0 aliphatic carbocycles. The zero-order chi connectivity index (χ0) is 14.7. The van der Waals surface area contributed by atoms with Crippen LogP contribution in [0.3, 0.4) is 0 Å². The van der Waals surface area contributed by atoms with Crippen molar-refractivity contribution >= 4 is 5.78 Å². The molecule has 2 nitrogen and oxygen atoms in total. The summed E-state index contributed by atoms with van der Waals surface area (Å²) in [4.78, 5) is 14.8. The molecule has 0 spiro atoms. The number of benzene rings is 1. The minimum atomic E-state index is 0.257. The Bertz CT molecular complexity index is 447. The molecule has 0 aromatic heterocycles. The minimum Gasteiger partial charge on any atom is -0.293 e. The van der Waals surface area contributed by atoms with Crippen molar-refractivity contribution in [1.82, 2.24) is 4.90 Å². The molecule has 20 heavy (non-hydrogen) atoms. The third-order valence-corrected chi connectivity index (χ3v) is 4.43. The van der Waals surface area contributed by atoms with Crippen LogP contribution >= 0.6 is 0 Å². The topological polar surface area (TPSA) is 20.3 Å². The van der Waals surface area contributed by atoms with Crippen LogP contribution in [-0.2, 0) is 0 Å². The molecule has 0 saturated carbocycles. The number of ketones is 1. The first-order valence-corrected chi connectivity index (χ1v) is 7.86. The van der Waals surface area contributed by atoms with Gasteiger partial charge >= 0.3 is 0 Å². The van der Waals surface area contributed by atoms with E-state index in [2.05, 4.69) is 44.7 Å². The van der Waals surface area contributed by atoms with Gasteiger partial charge < -0.3 is 0 Å². The van der Waals surface area contributed by atoms with Crippen LogP contribution in [0.1, 0.15) is 62.4 Å². The molecule has 1 fully saturated rings. The maximum absolute atomic E-state index is 12.4. The Labute approximate surface area is 123 Å². The van der Waals surface area contributed by atoms with Crippen molar-refractivity contribution in [2.24, 2.45) is 5.92 Å². The van der Waals surface area contributed by atoms with E-state index in [0.717, 1.165) is 12.1 Å². The summed E-state index contributed by atoms with van der Waals surface area (Å²) < 4.78 is 0. The Kier molecular flexibility index (Phi) is 4.98. The lowest BCUT2D eigenvalue weighted by Gasteiger charge is -2.26. The number of hydrogen-bond donors (Lipinski definition) is 0. The van der Waals surface area contributed by atoms with Gasteiger partial charge in [-0.25, -0.2) is 0 Å². The Balaban J connectivity index is 2.01. The van der Waals surface area contributed by atoms with E-state index in [4.69, 9.17) is 0 Å². The third-order valence-electron chi connectivity index (χ3n) is 4.43. The Morgan fingerprint density at radius 3 is 2.40 bits per heavy atom. The highest BCUT2D eigenvalue weighted by molar-refractivity contribution is 5.97. The standard InChI is InChI=1S/C18H27NO/c1-13(2)15-7-9-16(10-8-15)18(20)12-19-11-5-6-17(19)14(3)4/h7-10,13-14,17H,5-6,11-12H2,1-4H3. The van der Waals surface area contributed by atoms with Crippen LogP contribution in [0.5, 0.6) is 0 Å². The van der Waals surface area contributed by atoms with Crippen molar-refractivity contribution in [3.8, 4) is 0 Å². The Morgan fingerprint density at radius 2 is 1.85 bits per heavy atom. The summed E-state index contributed by atoms with van der Waals surface area (Å²) >= 11 is 0. The highest BCUT2D eigenvalue weighted by Gasteiger charge is 2.28. The van der Waals surface area contributed by atoms with Gasteiger partial charge in [-0.3, -0.25) is 9.69 Å². The minimum absolute atomic E-state index is 0.257. The van der Waals surface area contributed by atoms with Crippen LogP contribution < -0.4 is 0 Å². The molecule has 1 aromatic rings. The molecule has 0 bridgehead atoms. The Morgan fingerprint density at radius 1 is 1.20 bits per heavy atom. The van der Waals surface area contributed by atoms with Gasteiger partial charge in [0.1, 0.15) is 0 Å². The number of hydrogen-bond acceptors (Lipinski definition) is 2. The fourth-order valence-electron chi connectivity index (χ4n) is 3.13. The summed E-state index contributed by atoms with van der Waals surface area (Å²) in [6.45, 7) is 10.5. The first-order valence-electron chi connectivity index (χ1n) is 7.86. The predicted octanol–water partition coefficient (Wildman–Crippen LogP) is 4.11. The molecule has 1 atom stereocenters. The molecule has 0 N–H and O–H groups in total. The van der Waals surface area contributed by atoms with E-state index in [1.165, 1.54) is 18.4 Å². The van der Waals surface area contributed by atoms with Gasteiger partial charge in [-0.05, 0) is 36.8 Å². The van der Waals surface area contributed by atoms with Crippen LogP contribution in [0.4, 0.5) is 0 Å². The number of carbonyl (C=O) groups excluding carboxylic acids is 1. The lowest BCUT2D eigenvalue weighted by Crippen LogP contribution is -2.37. The molecule has 2 rings (SSSR count). The molecule has 1 aliphatic heterocycles. The van der Waals surface area contributed by atoms with E-state index < -0.39 is 0 Å². The summed E-state index contributed by atoms with van der Waals surface area (Å²) in [5.74, 6) is 1.41. The van der Waals surface area contributed by atoms with Crippen LogP contribution in [0.25, 0.3) is 0 Å². The van der Waals surface area contributed by atoms with Gasteiger partial charge in [0.05, 0.1) is 6.54 Å². The number of rotatable bonds is 5. The average molecular weight is 273 g/mol. The number of Topliss-reactive ketones (excluding diaryl/α,β-unsaturated/α-hetero) is 1. The second kappa shape index (κ2) is 6.53. The van der Waals surface area contributed by atoms with E-state index in [9.17, 15) is 4.79 Å². The van der Waals surface area contributed by atoms with Crippen LogP contribution in [-0.4, -0.2) is 29.8 Å². The molecule has 1 heterocycles. The van der Waals surface area contributed by atoms with E-state index >= 15 is 0 Å². The number of carbonyl (C=O) groups is 1. The van der Waals surface area contributed by atoms with Crippen molar-refractivity contribution in [2.75, 3.05) is 13.1 Å². The monoisotopic (exact) mass is 273 g/mol. The van der Waals surface area contributed by atoms with E-state index in [1.807, 2.05) is 12.1 Å². The smallest absolute Gasteiger partial charge is 0.176 e. The van der Waals surface area contributed by atoms with Crippen LogP contribution in [0.2, 0.25) is 0 Å². The first-order chi connectivity index (χ1) is 9.49. The highest BCUT2D eigenvalue weighted by Crippen LogP contribution is 2.24. The summed E-state index contributed by atoms with van der Waals surface area (Å²) in [6, 6.07) is 8.72. The van der Waals surface area contributed by atoms with Gasteiger partial charge in [-0.2, -0.15) is 0 Å². The van der Waals surface area contributed by atoms with Crippen molar-refractivity contribution < 1.29 is 4.79 Å². The predicted molar refractivity (Wildman–Crippen MR) is 84.3 cm³/mol. The molecule has 0 amide bonds. The van der Waals surface area contributed by atoms with Gasteiger partial charge in [-0.1, -0.05) is 52.0 Å². The SMILES string of the molecule is CC(C)c1ccc(C(=O)CN2CCCC2C(C)C)cc1. The summed E-state index contributed by atoms with van der Waals surface area (Å²) in [5, 5.41) is 0. The fourth-order valence-corrected chi connectivity index (χ4v) is 3.13. The summed E-state index contributed by atoms with van der Waals surface area (Å²) in [7, 11) is 0. The fraction of sp³-hybridized carbons (Fsp3) is 0.611. The van der Waals surface area contributed by atoms with Gasteiger partial charge in [0, 0.05) is 11.6 Å². The largest absolute Gasteiger partial charge is 0.293 e. The Hall–Kier alpha value is -1.15. The molecule has 0 radical (unpaired) electrons. The molecule has 1 unspecified atom stereocenters. The average Bonchev–Trinajstić information content (AvgIpc) is 2.87. The van der Waals surface area contributed by atoms with E-state index in [0.29, 0.717) is 24.4 Å². The molecule has 1 aliphatic rings. The lowest BCUT2D eigenvalue weighted by molar-refractivity contribution is 0.0904. The van der Waals surface area contributed by atoms with Gasteiger partial charge in [-0.15, -0.1) is 0 Å². The van der Waals surface area contributed by atoms with Crippen molar-refractivity contribution in [2.45, 2.75) is 52.5 Å². The number of likely N-dealkylation sites (tertiary alicyclic amines) is 1. The molecular formula is C18H27NO. The summed E-state index contributed by atoms with van der Waals surface area (Å²) in [6.07, 6.45) is 2.46. The first kappa shape index (κ1) is 15.2. The molecule has 1 aromatic carbocycles. The van der Waals surface area contributed by atoms with Crippen molar-refractivity contribution in [3.05, 3.63) is 35.4 Å². The quantitative estimate of drug-likeness (QED) is 0.752. The zero-order valence-corrected chi connectivity index (χ0v) is 13.2. The third kappa shape index (κ3) is 3.49. The zero-order valence-electron chi connectivity index (χ0n) is 13.2. The van der Waals surface area contributed by atoms with Crippen LogP contribution in [0.15, 0.2) is 24.3 Å². The number of nitrogens with zero attached hydrogens (tertiary/aromatic N) is 1. The normalized spacial score (nSPS) is 20.0.